The summed E-state index contributed by atoms with van der Waals surface area (Å²) in [6.45, 7) is 2.11. The average Bonchev–Trinajstić information content (AvgIpc) is 2.86. The molecule has 0 spiro atoms. The Kier molecular flexibility index (Phi) is 6.58. The molecule has 0 saturated carbocycles. The number of anilines is 2. The Morgan fingerprint density at radius 1 is 1.21 bits per heavy atom. The lowest BCUT2D eigenvalue weighted by molar-refractivity contribution is 0.0696. The Labute approximate surface area is 198 Å². The molecule has 0 fully saturated rings. The minimum absolute atomic E-state index is 0.0285. The number of carbonyl (C=O) groups is 1. The second-order valence-electron chi connectivity index (χ2n) is 8.05. The van der Waals surface area contributed by atoms with Crippen LogP contribution in [0.5, 0.6) is 5.75 Å². The fraction of sp³-hybridized carbons (Fsp3) is 0.231. The smallest absolute Gasteiger partial charge is 0.335 e. The Balaban J connectivity index is 1.72. The molecule has 1 unspecified atom stereocenters. The van der Waals surface area contributed by atoms with E-state index < -0.39 is 5.97 Å². The highest BCUT2D eigenvalue weighted by molar-refractivity contribution is 6.27. The molecule has 8 heteroatoms. The largest absolute Gasteiger partial charge is 0.495 e. The number of hydrogen-bond acceptors (Lipinski definition) is 7. The number of carboxylic acid groups (broad SMARTS) is 1. The molecule has 0 amide bonds. The SMILES string of the molecule is CN=C(C1=C(N)CCc2cnc(Nc3ccc(C(=O)O)cc3OC)nc21)C(C)c1ccccc1. The number of methoxy groups -OCH3 is 1. The molecule has 0 saturated heterocycles. The number of aliphatic imine (C=N–C) groups is 1. The number of rotatable bonds is 7. The molecule has 8 nitrogen and oxygen atoms in total. The van der Waals surface area contributed by atoms with Crippen LogP contribution in [0.25, 0.3) is 5.57 Å². The van der Waals surface area contributed by atoms with E-state index >= 15 is 0 Å². The zero-order valence-corrected chi connectivity index (χ0v) is 19.4. The van der Waals surface area contributed by atoms with Crippen molar-refractivity contribution >= 4 is 28.9 Å². The molecule has 1 aliphatic rings. The monoisotopic (exact) mass is 457 g/mol. The van der Waals surface area contributed by atoms with Crippen LogP contribution in [0.4, 0.5) is 11.6 Å². The minimum atomic E-state index is -1.03. The minimum Gasteiger partial charge on any atom is -0.495 e. The van der Waals surface area contributed by atoms with Crippen LogP contribution >= 0.6 is 0 Å². The molecule has 1 atom stereocenters. The number of fused-ring (bicyclic) bond motifs is 1. The fourth-order valence-electron chi connectivity index (χ4n) is 4.17. The normalized spacial score (nSPS) is 14.4. The maximum absolute atomic E-state index is 11.3. The number of nitrogens with zero attached hydrogens (tertiary/aromatic N) is 3. The zero-order chi connectivity index (χ0) is 24.2. The first-order valence-electron chi connectivity index (χ1n) is 11.0. The standard InChI is InChI=1S/C26H27N5O3/c1-15(16-7-5-4-6-8-16)23(28-2)22-19(27)11-9-18-14-29-26(31-24(18)22)30-20-12-10-17(25(32)33)13-21(20)34-3/h4-8,10,12-15H,9,11,27H2,1-3H3,(H,32,33)(H,29,30,31). The number of aromatic nitrogens is 2. The van der Waals surface area contributed by atoms with Crippen molar-refractivity contribution in [1.29, 1.82) is 0 Å². The summed E-state index contributed by atoms with van der Waals surface area (Å²) in [7, 11) is 3.26. The number of aryl methyl sites for hydroxylation is 1. The van der Waals surface area contributed by atoms with Crippen LogP contribution in [-0.4, -0.2) is 40.9 Å². The summed E-state index contributed by atoms with van der Waals surface area (Å²) >= 11 is 0. The third kappa shape index (κ3) is 4.47. The van der Waals surface area contributed by atoms with Crippen molar-refractivity contribution in [2.75, 3.05) is 19.5 Å². The van der Waals surface area contributed by atoms with E-state index in [1.165, 1.54) is 19.2 Å². The molecule has 1 aromatic heterocycles. The molecular formula is C26H27N5O3. The number of nitrogens with two attached hydrogens (primary N) is 1. The summed E-state index contributed by atoms with van der Waals surface area (Å²) in [6.07, 6.45) is 3.26. The van der Waals surface area contributed by atoms with E-state index in [4.69, 9.17) is 15.5 Å². The summed E-state index contributed by atoms with van der Waals surface area (Å²) in [6, 6.07) is 14.8. The number of aromatic carboxylic acids is 1. The van der Waals surface area contributed by atoms with Gasteiger partial charge in [-0.1, -0.05) is 37.3 Å². The van der Waals surface area contributed by atoms with Gasteiger partial charge in [-0.05, 0) is 42.2 Å². The van der Waals surface area contributed by atoms with Crippen LogP contribution in [0.2, 0.25) is 0 Å². The zero-order valence-electron chi connectivity index (χ0n) is 19.4. The Bertz CT molecular complexity index is 1280. The molecular weight excluding hydrogens is 430 g/mol. The predicted octanol–water partition coefficient (Wildman–Crippen LogP) is 4.42. The highest BCUT2D eigenvalue weighted by Gasteiger charge is 2.27. The Morgan fingerprint density at radius 3 is 2.65 bits per heavy atom. The van der Waals surface area contributed by atoms with Crippen molar-refractivity contribution in [3.63, 3.8) is 0 Å². The van der Waals surface area contributed by atoms with Crippen molar-refractivity contribution in [2.45, 2.75) is 25.7 Å². The predicted molar refractivity (Wildman–Crippen MR) is 133 cm³/mol. The number of hydrogen-bond donors (Lipinski definition) is 3. The maximum atomic E-state index is 11.3. The first-order chi connectivity index (χ1) is 16.4. The topological polar surface area (TPSA) is 123 Å². The van der Waals surface area contributed by atoms with E-state index in [0.717, 1.165) is 40.2 Å². The van der Waals surface area contributed by atoms with Crippen LogP contribution in [0.3, 0.4) is 0 Å². The second kappa shape index (κ2) is 9.74. The Hall–Kier alpha value is -4.20. The van der Waals surface area contributed by atoms with Crippen LogP contribution in [-0.2, 0) is 6.42 Å². The quantitative estimate of drug-likeness (QED) is 0.449. The van der Waals surface area contributed by atoms with Crippen LogP contribution in [0.1, 0.15) is 46.4 Å². The van der Waals surface area contributed by atoms with E-state index in [9.17, 15) is 9.90 Å². The molecule has 174 valence electrons. The number of allylic oxidation sites excluding steroid dienone is 2. The summed E-state index contributed by atoms with van der Waals surface area (Å²) in [5.41, 5.74) is 12.6. The molecule has 4 N–H and O–H groups in total. The highest BCUT2D eigenvalue weighted by Crippen LogP contribution is 2.35. The summed E-state index contributed by atoms with van der Waals surface area (Å²) in [4.78, 5) is 25.2. The van der Waals surface area contributed by atoms with E-state index in [1.54, 1.807) is 19.3 Å². The van der Waals surface area contributed by atoms with E-state index in [2.05, 4.69) is 34.3 Å². The van der Waals surface area contributed by atoms with Gasteiger partial charge in [-0.3, -0.25) is 4.99 Å². The van der Waals surface area contributed by atoms with E-state index in [-0.39, 0.29) is 11.5 Å². The molecule has 0 radical (unpaired) electrons. The van der Waals surface area contributed by atoms with Gasteiger partial charge in [0, 0.05) is 30.4 Å². The summed E-state index contributed by atoms with van der Waals surface area (Å²) in [5, 5.41) is 12.4. The van der Waals surface area contributed by atoms with Crippen LogP contribution < -0.4 is 15.8 Å². The van der Waals surface area contributed by atoms with Crippen molar-refractivity contribution in [3.8, 4) is 5.75 Å². The molecule has 2 aromatic carbocycles. The first kappa shape index (κ1) is 23.0. The number of benzene rings is 2. The van der Waals surface area contributed by atoms with Gasteiger partial charge in [0.05, 0.1) is 29.8 Å². The molecule has 3 aromatic rings. The lowest BCUT2D eigenvalue weighted by Gasteiger charge is -2.25. The molecule has 1 aliphatic carbocycles. The third-order valence-electron chi connectivity index (χ3n) is 5.99. The Morgan fingerprint density at radius 2 is 1.97 bits per heavy atom. The number of ether oxygens (including phenoxy) is 1. The maximum Gasteiger partial charge on any atom is 0.335 e. The van der Waals surface area contributed by atoms with Gasteiger partial charge in [0.15, 0.2) is 0 Å². The van der Waals surface area contributed by atoms with Gasteiger partial charge in [0.25, 0.3) is 0 Å². The van der Waals surface area contributed by atoms with Gasteiger partial charge in [-0.2, -0.15) is 0 Å². The molecule has 4 rings (SSSR count). The van der Waals surface area contributed by atoms with Gasteiger partial charge in [0.2, 0.25) is 5.95 Å². The summed E-state index contributed by atoms with van der Waals surface area (Å²) < 4.78 is 5.37. The van der Waals surface area contributed by atoms with Gasteiger partial charge < -0.3 is 20.9 Å². The highest BCUT2D eigenvalue weighted by atomic mass is 16.5. The number of carboxylic acids is 1. The second-order valence-corrected chi connectivity index (χ2v) is 8.05. The average molecular weight is 458 g/mol. The van der Waals surface area contributed by atoms with E-state index in [0.29, 0.717) is 23.8 Å². The van der Waals surface area contributed by atoms with Crippen molar-refractivity contribution in [2.24, 2.45) is 10.7 Å². The van der Waals surface area contributed by atoms with Crippen LogP contribution in [0.15, 0.2) is 65.4 Å². The lowest BCUT2D eigenvalue weighted by Crippen LogP contribution is -2.22. The molecule has 34 heavy (non-hydrogen) atoms. The van der Waals surface area contributed by atoms with Crippen molar-refractivity contribution in [3.05, 3.63) is 82.8 Å². The molecule has 0 aliphatic heterocycles. The van der Waals surface area contributed by atoms with Crippen molar-refractivity contribution < 1.29 is 14.6 Å². The third-order valence-corrected chi connectivity index (χ3v) is 5.99. The van der Waals surface area contributed by atoms with Crippen molar-refractivity contribution in [1.82, 2.24) is 9.97 Å². The van der Waals surface area contributed by atoms with Gasteiger partial charge in [0.1, 0.15) is 5.75 Å². The van der Waals surface area contributed by atoms with Gasteiger partial charge in [-0.15, -0.1) is 0 Å². The molecule has 1 heterocycles. The summed E-state index contributed by atoms with van der Waals surface area (Å²) in [5.74, 6) is -0.264. The fourth-order valence-corrected chi connectivity index (χ4v) is 4.17. The molecule has 0 bridgehead atoms. The first-order valence-corrected chi connectivity index (χ1v) is 11.0. The van der Waals surface area contributed by atoms with Crippen LogP contribution in [0, 0.1) is 0 Å². The lowest BCUT2D eigenvalue weighted by atomic mass is 9.84. The van der Waals surface area contributed by atoms with E-state index in [1.807, 2.05) is 18.2 Å². The van der Waals surface area contributed by atoms with Gasteiger partial charge in [-0.25, -0.2) is 14.8 Å². The number of nitrogens with one attached hydrogen (secondary N) is 1. The van der Waals surface area contributed by atoms with Gasteiger partial charge >= 0.3 is 5.97 Å².